The van der Waals surface area contributed by atoms with Crippen molar-refractivity contribution in [2.75, 3.05) is 10.6 Å². The van der Waals surface area contributed by atoms with E-state index in [0.717, 1.165) is 24.1 Å². The summed E-state index contributed by atoms with van der Waals surface area (Å²) in [6.45, 7) is 1.84. The summed E-state index contributed by atoms with van der Waals surface area (Å²) in [5, 5.41) is 6.97. The Morgan fingerprint density at radius 1 is 1.17 bits per heavy atom. The van der Waals surface area contributed by atoms with Crippen LogP contribution in [-0.2, 0) is 4.79 Å². The van der Waals surface area contributed by atoms with Gasteiger partial charge in [0, 0.05) is 17.1 Å². The molecule has 0 aliphatic heterocycles. The molecule has 5 heteroatoms. The smallest absolute Gasteiger partial charge is 0.229 e. The zero-order valence-electron chi connectivity index (χ0n) is 13.6. The minimum absolute atomic E-state index is 0.118. The molecule has 0 radical (unpaired) electrons. The van der Waals surface area contributed by atoms with Crippen molar-refractivity contribution >= 4 is 28.9 Å². The highest BCUT2D eigenvalue weighted by molar-refractivity contribution is 6.31. The summed E-state index contributed by atoms with van der Waals surface area (Å²) in [6.07, 6.45) is 2.32. The number of carbonyl (C=O) groups excluding carboxylic acids is 1. The number of halogens is 1. The molecule has 2 unspecified atom stereocenters. The van der Waals surface area contributed by atoms with Gasteiger partial charge in [-0.2, -0.15) is 0 Å². The Balaban J connectivity index is 1.72. The predicted octanol–water partition coefficient (Wildman–Crippen LogP) is 4.19. The van der Waals surface area contributed by atoms with Gasteiger partial charge < -0.3 is 16.4 Å². The van der Waals surface area contributed by atoms with E-state index in [1.54, 1.807) is 6.07 Å². The number of hydrogen-bond donors (Lipinski definition) is 3. The molecule has 4 nitrogen and oxygen atoms in total. The normalized spacial score (nSPS) is 16.3. The summed E-state index contributed by atoms with van der Waals surface area (Å²) in [6, 6.07) is 15.3. The Morgan fingerprint density at radius 3 is 2.54 bits per heavy atom. The van der Waals surface area contributed by atoms with Gasteiger partial charge in [0.2, 0.25) is 5.91 Å². The average molecular weight is 344 g/mol. The highest BCUT2D eigenvalue weighted by atomic mass is 35.5. The third-order valence-corrected chi connectivity index (χ3v) is 4.55. The van der Waals surface area contributed by atoms with E-state index in [0.29, 0.717) is 16.8 Å². The van der Waals surface area contributed by atoms with Gasteiger partial charge in [-0.3, -0.25) is 4.79 Å². The van der Waals surface area contributed by atoms with Crippen molar-refractivity contribution in [3.8, 4) is 0 Å². The topological polar surface area (TPSA) is 67.2 Å². The molecule has 1 saturated carbocycles. The highest BCUT2D eigenvalue weighted by Gasteiger charge is 2.25. The lowest BCUT2D eigenvalue weighted by Crippen LogP contribution is -2.30. The van der Waals surface area contributed by atoms with Crippen LogP contribution in [0.3, 0.4) is 0 Å². The number of nitrogens with one attached hydrogen (secondary N) is 2. The molecule has 2 atom stereocenters. The standard InChI is InChI=1S/C19H22ClN3O/c1-12(18(21)13-5-3-2-4-6-13)19(24)23-17-11-14(20)7-10-16(17)22-15-8-9-15/h2-7,10-12,15,18,22H,8-9,21H2,1H3,(H,23,24). The van der Waals surface area contributed by atoms with Gasteiger partial charge in [0.15, 0.2) is 0 Å². The quantitative estimate of drug-likeness (QED) is 0.736. The lowest BCUT2D eigenvalue weighted by molar-refractivity contribution is -0.120. The molecule has 2 aromatic rings. The summed E-state index contributed by atoms with van der Waals surface area (Å²) in [5.41, 5.74) is 8.80. The van der Waals surface area contributed by atoms with E-state index in [1.807, 2.05) is 49.4 Å². The van der Waals surface area contributed by atoms with Crippen LogP contribution in [0.2, 0.25) is 5.02 Å². The Bertz CT molecular complexity index is 716. The van der Waals surface area contributed by atoms with Crippen LogP contribution >= 0.6 is 11.6 Å². The number of hydrogen-bond acceptors (Lipinski definition) is 3. The Hall–Kier alpha value is -2.04. The fourth-order valence-corrected chi connectivity index (χ4v) is 2.74. The first-order chi connectivity index (χ1) is 11.5. The Morgan fingerprint density at radius 2 is 1.88 bits per heavy atom. The first-order valence-corrected chi connectivity index (χ1v) is 8.60. The fraction of sp³-hybridized carbons (Fsp3) is 0.316. The van der Waals surface area contributed by atoms with Gasteiger partial charge >= 0.3 is 0 Å². The molecule has 1 aliphatic carbocycles. The van der Waals surface area contributed by atoms with Crippen molar-refractivity contribution in [3.05, 3.63) is 59.1 Å². The van der Waals surface area contributed by atoms with Gasteiger partial charge in [-0.25, -0.2) is 0 Å². The Labute approximate surface area is 147 Å². The molecule has 4 N–H and O–H groups in total. The van der Waals surface area contributed by atoms with Crippen LogP contribution < -0.4 is 16.4 Å². The first-order valence-electron chi connectivity index (χ1n) is 8.22. The maximum atomic E-state index is 12.6. The van der Waals surface area contributed by atoms with Crippen LogP contribution in [0, 0.1) is 5.92 Å². The van der Waals surface area contributed by atoms with Crippen molar-refractivity contribution in [1.82, 2.24) is 0 Å². The summed E-state index contributed by atoms with van der Waals surface area (Å²) >= 11 is 6.09. The summed E-state index contributed by atoms with van der Waals surface area (Å²) in [4.78, 5) is 12.6. The Kier molecular flexibility index (Phi) is 5.07. The summed E-state index contributed by atoms with van der Waals surface area (Å²) < 4.78 is 0. The van der Waals surface area contributed by atoms with Crippen molar-refractivity contribution in [2.45, 2.75) is 31.8 Å². The van der Waals surface area contributed by atoms with Crippen molar-refractivity contribution in [3.63, 3.8) is 0 Å². The van der Waals surface area contributed by atoms with Crippen molar-refractivity contribution in [2.24, 2.45) is 11.7 Å². The number of nitrogens with two attached hydrogens (primary N) is 1. The number of anilines is 2. The lowest BCUT2D eigenvalue weighted by Gasteiger charge is -2.21. The third kappa shape index (κ3) is 4.08. The van der Waals surface area contributed by atoms with E-state index in [9.17, 15) is 4.79 Å². The molecule has 1 fully saturated rings. The van der Waals surface area contributed by atoms with E-state index >= 15 is 0 Å². The van der Waals surface area contributed by atoms with E-state index in [4.69, 9.17) is 17.3 Å². The van der Waals surface area contributed by atoms with Crippen LogP contribution in [0.25, 0.3) is 0 Å². The molecule has 2 aromatic carbocycles. The lowest BCUT2D eigenvalue weighted by atomic mass is 9.94. The minimum Gasteiger partial charge on any atom is -0.381 e. The van der Waals surface area contributed by atoms with Crippen LogP contribution in [0.15, 0.2) is 48.5 Å². The SMILES string of the molecule is CC(C(=O)Nc1cc(Cl)ccc1NC1CC1)C(N)c1ccccc1. The molecule has 0 bridgehead atoms. The first kappa shape index (κ1) is 16.8. The van der Waals surface area contributed by atoms with Gasteiger partial charge in [-0.05, 0) is 36.6 Å². The van der Waals surface area contributed by atoms with Gasteiger partial charge in [0.25, 0.3) is 0 Å². The van der Waals surface area contributed by atoms with Crippen LogP contribution in [0.5, 0.6) is 0 Å². The second-order valence-electron chi connectivity index (χ2n) is 6.32. The molecule has 0 saturated heterocycles. The molecule has 126 valence electrons. The van der Waals surface area contributed by atoms with Gasteiger partial charge in [-0.15, -0.1) is 0 Å². The highest BCUT2D eigenvalue weighted by Crippen LogP contribution is 2.32. The molecule has 0 aromatic heterocycles. The van der Waals surface area contributed by atoms with Crippen LogP contribution in [0.1, 0.15) is 31.4 Å². The number of amides is 1. The molecular weight excluding hydrogens is 322 g/mol. The van der Waals surface area contributed by atoms with Crippen molar-refractivity contribution < 1.29 is 4.79 Å². The molecule has 24 heavy (non-hydrogen) atoms. The molecule has 0 heterocycles. The zero-order valence-corrected chi connectivity index (χ0v) is 14.4. The molecule has 1 amide bonds. The number of rotatable bonds is 6. The minimum atomic E-state index is -0.361. The fourth-order valence-electron chi connectivity index (χ4n) is 2.57. The van der Waals surface area contributed by atoms with Crippen LogP contribution in [0.4, 0.5) is 11.4 Å². The second kappa shape index (κ2) is 7.24. The van der Waals surface area contributed by atoms with Crippen molar-refractivity contribution in [1.29, 1.82) is 0 Å². The molecule has 1 aliphatic rings. The predicted molar refractivity (Wildman–Crippen MR) is 99.3 cm³/mol. The van der Waals surface area contributed by atoms with Gasteiger partial charge in [-0.1, -0.05) is 48.9 Å². The monoisotopic (exact) mass is 343 g/mol. The van der Waals surface area contributed by atoms with E-state index in [2.05, 4.69) is 10.6 Å². The van der Waals surface area contributed by atoms with E-state index < -0.39 is 0 Å². The van der Waals surface area contributed by atoms with Gasteiger partial charge in [0.1, 0.15) is 0 Å². The van der Waals surface area contributed by atoms with Gasteiger partial charge in [0.05, 0.1) is 17.3 Å². The maximum Gasteiger partial charge on any atom is 0.229 e. The zero-order chi connectivity index (χ0) is 17.1. The number of carbonyl (C=O) groups is 1. The third-order valence-electron chi connectivity index (χ3n) is 4.31. The molecular formula is C19H22ClN3O. The summed E-state index contributed by atoms with van der Waals surface area (Å²) in [7, 11) is 0. The largest absolute Gasteiger partial charge is 0.381 e. The summed E-state index contributed by atoms with van der Waals surface area (Å²) in [5.74, 6) is -0.479. The van der Waals surface area contributed by atoms with Crippen LogP contribution in [-0.4, -0.2) is 11.9 Å². The number of benzene rings is 2. The molecule has 3 rings (SSSR count). The maximum absolute atomic E-state index is 12.6. The molecule has 0 spiro atoms. The van der Waals surface area contributed by atoms with E-state index in [-0.39, 0.29) is 17.9 Å². The second-order valence-corrected chi connectivity index (χ2v) is 6.76. The van der Waals surface area contributed by atoms with E-state index in [1.165, 1.54) is 0 Å². The average Bonchev–Trinajstić information content (AvgIpc) is 3.41.